The highest BCUT2D eigenvalue weighted by Crippen LogP contribution is 2.28. The van der Waals surface area contributed by atoms with Crippen molar-refractivity contribution in [2.24, 2.45) is 11.8 Å². The van der Waals surface area contributed by atoms with E-state index in [1.807, 2.05) is 6.92 Å². The summed E-state index contributed by atoms with van der Waals surface area (Å²) in [6, 6.07) is 0. The van der Waals surface area contributed by atoms with Gasteiger partial charge < -0.3 is 5.11 Å². The first kappa shape index (κ1) is 8.79. The highest BCUT2D eigenvalue weighted by Gasteiger charge is 2.21. The summed E-state index contributed by atoms with van der Waals surface area (Å²) in [5.41, 5.74) is 1.15. The lowest BCUT2D eigenvalue weighted by Crippen LogP contribution is -2.22. The van der Waals surface area contributed by atoms with Gasteiger partial charge in [-0.2, -0.15) is 0 Å². The number of hydrogen-bond acceptors (Lipinski definition) is 1. The third-order valence-corrected chi connectivity index (χ3v) is 2.74. The van der Waals surface area contributed by atoms with Gasteiger partial charge in [-0.1, -0.05) is 19.9 Å². The van der Waals surface area contributed by atoms with Gasteiger partial charge >= 0.3 is 0 Å². The van der Waals surface area contributed by atoms with Crippen LogP contribution in [0.3, 0.4) is 0 Å². The summed E-state index contributed by atoms with van der Waals surface area (Å²) in [6.07, 6.45) is 4.12. The van der Waals surface area contributed by atoms with E-state index in [0.29, 0.717) is 11.8 Å². The second kappa shape index (κ2) is 3.40. The Bertz CT molecular complexity index is 158. The van der Waals surface area contributed by atoms with Gasteiger partial charge in [0.15, 0.2) is 0 Å². The van der Waals surface area contributed by atoms with Crippen LogP contribution in [0.5, 0.6) is 0 Å². The van der Waals surface area contributed by atoms with Crippen molar-refractivity contribution in [3.63, 3.8) is 0 Å². The molecule has 1 N–H and O–H groups in total. The quantitative estimate of drug-likeness (QED) is 0.575. The van der Waals surface area contributed by atoms with E-state index in [0.717, 1.165) is 18.4 Å². The molecule has 0 aliphatic heterocycles. The number of aliphatic hydroxyl groups excluding tert-OH is 1. The minimum absolute atomic E-state index is 0.170. The number of allylic oxidation sites excluding steroid dienone is 1. The fraction of sp³-hybridized carbons (Fsp3) is 0.800. The van der Waals surface area contributed by atoms with Crippen molar-refractivity contribution in [1.82, 2.24) is 0 Å². The largest absolute Gasteiger partial charge is 0.389 e. The number of aliphatic hydroxyl groups is 1. The summed E-state index contributed by atoms with van der Waals surface area (Å²) < 4.78 is 0. The molecule has 2 atom stereocenters. The van der Waals surface area contributed by atoms with E-state index in [9.17, 15) is 5.11 Å². The summed E-state index contributed by atoms with van der Waals surface area (Å²) >= 11 is 0. The van der Waals surface area contributed by atoms with Crippen molar-refractivity contribution in [3.8, 4) is 0 Å². The maximum atomic E-state index is 9.53. The van der Waals surface area contributed by atoms with Gasteiger partial charge in [0, 0.05) is 0 Å². The van der Waals surface area contributed by atoms with Crippen LogP contribution >= 0.6 is 0 Å². The van der Waals surface area contributed by atoms with Gasteiger partial charge in [0.1, 0.15) is 0 Å². The van der Waals surface area contributed by atoms with Gasteiger partial charge in [-0.05, 0) is 37.2 Å². The molecular formula is C10H18O. The topological polar surface area (TPSA) is 20.2 Å². The van der Waals surface area contributed by atoms with Crippen molar-refractivity contribution in [3.05, 3.63) is 11.6 Å². The molecule has 0 radical (unpaired) electrons. The molecule has 11 heavy (non-hydrogen) atoms. The second-order valence-corrected chi connectivity index (χ2v) is 3.94. The molecule has 0 heterocycles. The molecule has 1 rings (SSSR count). The molecule has 1 nitrogen and oxygen atoms in total. The smallest absolute Gasteiger partial charge is 0.0750 e. The van der Waals surface area contributed by atoms with E-state index < -0.39 is 0 Å². The lowest BCUT2D eigenvalue weighted by atomic mass is 9.81. The summed E-state index contributed by atoms with van der Waals surface area (Å²) in [4.78, 5) is 0. The Hall–Kier alpha value is -0.300. The molecule has 1 heteroatoms. The molecule has 1 aliphatic carbocycles. The Morgan fingerprint density at radius 3 is 2.64 bits per heavy atom. The molecule has 0 fully saturated rings. The van der Waals surface area contributed by atoms with Crippen molar-refractivity contribution < 1.29 is 5.11 Å². The molecule has 0 aromatic rings. The number of rotatable bonds is 1. The lowest BCUT2D eigenvalue weighted by Gasteiger charge is -2.27. The molecule has 0 aromatic heterocycles. The molecule has 0 spiro atoms. The van der Waals surface area contributed by atoms with E-state index in [4.69, 9.17) is 0 Å². The predicted molar refractivity (Wildman–Crippen MR) is 47.3 cm³/mol. The van der Waals surface area contributed by atoms with E-state index in [1.54, 1.807) is 0 Å². The van der Waals surface area contributed by atoms with E-state index in [2.05, 4.69) is 19.9 Å². The summed E-state index contributed by atoms with van der Waals surface area (Å²) in [5, 5.41) is 9.53. The first-order valence-corrected chi connectivity index (χ1v) is 4.46. The molecule has 1 unspecified atom stereocenters. The van der Waals surface area contributed by atoms with Crippen molar-refractivity contribution in [1.29, 1.82) is 0 Å². The van der Waals surface area contributed by atoms with Crippen LogP contribution in [-0.2, 0) is 0 Å². The molecule has 0 saturated carbocycles. The van der Waals surface area contributed by atoms with Gasteiger partial charge in [0.05, 0.1) is 6.10 Å². The maximum Gasteiger partial charge on any atom is 0.0750 e. The summed E-state index contributed by atoms with van der Waals surface area (Å²) in [6.45, 7) is 6.47. The summed E-state index contributed by atoms with van der Waals surface area (Å²) in [7, 11) is 0. The van der Waals surface area contributed by atoms with Gasteiger partial charge in [0.25, 0.3) is 0 Å². The van der Waals surface area contributed by atoms with Crippen LogP contribution in [0.4, 0.5) is 0 Å². The van der Waals surface area contributed by atoms with Crippen LogP contribution in [0, 0.1) is 11.8 Å². The normalized spacial score (nSPS) is 32.3. The van der Waals surface area contributed by atoms with Gasteiger partial charge in [-0.25, -0.2) is 0 Å². The molecule has 0 bridgehead atoms. The average Bonchev–Trinajstić information content (AvgIpc) is 1.94. The SMILES string of the molecule is CC1=CC[C@H](C(C)C)CC1O. The van der Waals surface area contributed by atoms with Crippen molar-refractivity contribution >= 4 is 0 Å². The van der Waals surface area contributed by atoms with Gasteiger partial charge in [-0.3, -0.25) is 0 Å². The molecule has 0 amide bonds. The van der Waals surface area contributed by atoms with Crippen LogP contribution in [0.1, 0.15) is 33.6 Å². The van der Waals surface area contributed by atoms with Crippen LogP contribution in [0.15, 0.2) is 11.6 Å². The zero-order valence-corrected chi connectivity index (χ0v) is 7.67. The highest BCUT2D eigenvalue weighted by molar-refractivity contribution is 5.09. The molecule has 0 aromatic carbocycles. The van der Waals surface area contributed by atoms with Crippen molar-refractivity contribution in [2.75, 3.05) is 0 Å². The lowest BCUT2D eigenvalue weighted by molar-refractivity contribution is 0.149. The Morgan fingerprint density at radius 1 is 1.55 bits per heavy atom. The average molecular weight is 154 g/mol. The van der Waals surface area contributed by atoms with Crippen LogP contribution in [0.2, 0.25) is 0 Å². The minimum atomic E-state index is -0.170. The van der Waals surface area contributed by atoms with E-state index in [1.165, 1.54) is 0 Å². The zero-order valence-electron chi connectivity index (χ0n) is 7.67. The second-order valence-electron chi connectivity index (χ2n) is 3.94. The Labute approximate surface area is 69.1 Å². The van der Waals surface area contributed by atoms with Gasteiger partial charge in [0.2, 0.25) is 0 Å². The summed E-state index contributed by atoms with van der Waals surface area (Å²) in [5.74, 6) is 1.39. The fourth-order valence-corrected chi connectivity index (χ4v) is 1.59. The predicted octanol–water partition coefficient (Wildman–Crippen LogP) is 2.36. The molecule has 1 aliphatic rings. The zero-order chi connectivity index (χ0) is 8.43. The Balaban J connectivity index is 2.55. The molecular weight excluding hydrogens is 136 g/mol. The minimum Gasteiger partial charge on any atom is -0.389 e. The third-order valence-electron chi connectivity index (χ3n) is 2.74. The third kappa shape index (κ3) is 2.06. The first-order valence-electron chi connectivity index (χ1n) is 4.46. The molecule has 0 saturated heterocycles. The number of hydrogen-bond donors (Lipinski definition) is 1. The van der Waals surface area contributed by atoms with Crippen LogP contribution < -0.4 is 0 Å². The molecule has 64 valence electrons. The maximum absolute atomic E-state index is 9.53. The van der Waals surface area contributed by atoms with E-state index >= 15 is 0 Å². The monoisotopic (exact) mass is 154 g/mol. The van der Waals surface area contributed by atoms with Crippen LogP contribution in [0.25, 0.3) is 0 Å². The van der Waals surface area contributed by atoms with E-state index in [-0.39, 0.29) is 6.10 Å². The van der Waals surface area contributed by atoms with Gasteiger partial charge in [-0.15, -0.1) is 0 Å². The Kier molecular flexibility index (Phi) is 2.72. The fourth-order valence-electron chi connectivity index (χ4n) is 1.59. The standard InChI is InChI=1S/C10H18O/c1-7(2)9-5-4-8(3)10(11)6-9/h4,7,9-11H,5-6H2,1-3H3/t9-,10?/m0/s1. The van der Waals surface area contributed by atoms with Crippen LogP contribution in [-0.4, -0.2) is 11.2 Å². The first-order chi connectivity index (χ1) is 5.11. The van der Waals surface area contributed by atoms with Crippen molar-refractivity contribution in [2.45, 2.75) is 39.7 Å². The highest BCUT2D eigenvalue weighted by atomic mass is 16.3. The Morgan fingerprint density at radius 2 is 2.18 bits per heavy atom.